The van der Waals surface area contributed by atoms with Crippen molar-refractivity contribution in [3.63, 3.8) is 0 Å². The normalized spacial score (nSPS) is 14.9. The van der Waals surface area contributed by atoms with E-state index in [4.69, 9.17) is 5.73 Å². The van der Waals surface area contributed by atoms with Crippen molar-refractivity contribution >= 4 is 0 Å². The second kappa shape index (κ2) is 6.77. The third-order valence-corrected chi connectivity index (χ3v) is 3.59. The van der Waals surface area contributed by atoms with Crippen molar-refractivity contribution in [1.82, 2.24) is 0 Å². The SMILES string of the molecule is Cc1ccccc1CCC(O)C(CN)C(C)C. The van der Waals surface area contributed by atoms with Gasteiger partial charge in [0.1, 0.15) is 0 Å². The fourth-order valence-electron chi connectivity index (χ4n) is 2.28. The molecule has 0 radical (unpaired) electrons. The van der Waals surface area contributed by atoms with Crippen LogP contribution < -0.4 is 5.73 Å². The van der Waals surface area contributed by atoms with E-state index in [-0.39, 0.29) is 12.0 Å². The molecule has 2 heteroatoms. The summed E-state index contributed by atoms with van der Waals surface area (Å²) < 4.78 is 0. The lowest BCUT2D eigenvalue weighted by Gasteiger charge is -2.25. The van der Waals surface area contributed by atoms with Crippen LogP contribution in [0.2, 0.25) is 0 Å². The Morgan fingerprint density at radius 1 is 1.24 bits per heavy atom. The molecule has 0 saturated heterocycles. The molecule has 1 aromatic carbocycles. The van der Waals surface area contributed by atoms with Gasteiger partial charge < -0.3 is 10.8 Å². The maximum atomic E-state index is 10.2. The van der Waals surface area contributed by atoms with Crippen LogP contribution in [0.3, 0.4) is 0 Å². The van der Waals surface area contributed by atoms with Crippen molar-refractivity contribution in [3.05, 3.63) is 35.4 Å². The highest BCUT2D eigenvalue weighted by atomic mass is 16.3. The highest BCUT2D eigenvalue weighted by molar-refractivity contribution is 5.25. The summed E-state index contributed by atoms with van der Waals surface area (Å²) in [6, 6.07) is 8.35. The minimum Gasteiger partial charge on any atom is -0.393 e. The largest absolute Gasteiger partial charge is 0.393 e. The van der Waals surface area contributed by atoms with Crippen LogP contribution in [0.25, 0.3) is 0 Å². The first-order chi connectivity index (χ1) is 8.06. The van der Waals surface area contributed by atoms with E-state index in [1.807, 2.05) is 6.07 Å². The van der Waals surface area contributed by atoms with Crippen molar-refractivity contribution in [2.45, 2.75) is 39.7 Å². The van der Waals surface area contributed by atoms with Gasteiger partial charge in [-0.1, -0.05) is 38.1 Å². The predicted molar refractivity (Wildman–Crippen MR) is 72.9 cm³/mol. The van der Waals surface area contributed by atoms with Gasteiger partial charge in [-0.2, -0.15) is 0 Å². The fraction of sp³-hybridized carbons (Fsp3) is 0.600. The Balaban J connectivity index is 2.53. The number of hydrogen-bond acceptors (Lipinski definition) is 2. The van der Waals surface area contributed by atoms with Crippen LogP contribution in [-0.4, -0.2) is 17.8 Å². The second-order valence-corrected chi connectivity index (χ2v) is 5.18. The van der Waals surface area contributed by atoms with E-state index in [0.29, 0.717) is 12.5 Å². The van der Waals surface area contributed by atoms with E-state index >= 15 is 0 Å². The number of hydrogen-bond donors (Lipinski definition) is 2. The Kier molecular flexibility index (Phi) is 5.66. The van der Waals surface area contributed by atoms with Gasteiger partial charge in [0.2, 0.25) is 0 Å². The quantitative estimate of drug-likeness (QED) is 0.796. The van der Waals surface area contributed by atoms with Crippen LogP contribution in [0.5, 0.6) is 0 Å². The van der Waals surface area contributed by atoms with Gasteiger partial charge in [0.05, 0.1) is 6.10 Å². The zero-order chi connectivity index (χ0) is 12.8. The van der Waals surface area contributed by atoms with E-state index in [1.165, 1.54) is 11.1 Å². The maximum Gasteiger partial charge on any atom is 0.0586 e. The number of nitrogens with two attached hydrogens (primary N) is 1. The summed E-state index contributed by atoms with van der Waals surface area (Å²) in [5, 5.41) is 10.2. The van der Waals surface area contributed by atoms with Gasteiger partial charge in [-0.25, -0.2) is 0 Å². The molecule has 2 unspecified atom stereocenters. The molecular weight excluding hydrogens is 210 g/mol. The van der Waals surface area contributed by atoms with Gasteiger partial charge in [0.25, 0.3) is 0 Å². The van der Waals surface area contributed by atoms with Crippen molar-refractivity contribution in [1.29, 1.82) is 0 Å². The van der Waals surface area contributed by atoms with Crippen molar-refractivity contribution in [3.8, 4) is 0 Å². The minimum absolute atomic E-state index is 0.207. The average molecular weight is 235 g/mol. The predicted octanol–water partition coefficient (Wildman–Crippen LogP) is 2.52. The summed E-state index contributed by atoms with van der Waals surface area (Å²) in [6.07, 6.45) is 1.43. The van der Waals surface area contributed by atoms with Gasteiger partial charge in [0, 0.05) is 0 Å². The van der Waals surface area contributed by atoms with Crippen LogP contribution in [0.15, 0.2) is 24.3 Å². The van der Waals surface area contributed by atoms with Gasteiger partial charge in [0.15, 0.2) is 0 Å². The third kappa shape index (κ3) is 4.14. The number of aliphatic hydroxyl groups is 1. The summed E-state index contributed by atoms with van der Waals surface area (Å²) in [5.41, 5.74) is 8.34. The molecule has 0 aliphatic rings. The molecule has 0 aromatic heterocycles. The van der Waals surface area contributed by atoms with Gasteiger partial charge in [-0.15, -0.1) is 0 Å². The lowest BCUT2D eigenvalue weighted by Crippen LogP contribution is -2.32. The lowest BCUT2D eigenvalue weighted by molar-refractivity contribution is 0.0786. The maximum absolute atomic E-state index is 10.2. The van der Waals surface area contributed by atoms with E-state index in [0.717, 1.165) is 12.8 Å². The first-order valence-corrected chi connectivity index (χ1v) is 6.49. The molecule has 2 nitrogen and oxygen atoms in total. The lowest BCUT2D eigenvalue weighted by atomic mass is 9.87. The Morgan fingerprint density at radius 3 is 2.41 bits per heavy atom. The zero-order valence-electron chi connectivity index (χ0n) is 11.2. The molecule has 0 amide bonds. The number of benzene rings is 1. The van der Waals surface area contributed by atoms with Crippen LogP contribution in [0.4, 0.5) is 0 Å². The summed E-state index contributed by atoms with van der Waals surface area (Å²) in [5.74, 6) is 0.644. The molecular formula is C15H25NO. The Hall–Kier alpha value is -0.860. The van der Waals surface area contributed by atoms with E-state index < -0.39 is 0 Å². The van der Waals surface area contributed by atoms with Gasteiger partial charge in [-0.3, -0.25) is 0 Å². The van der Waals surface area contributed by atoms with Crippen molar-refractivity contribution in [2.75, 3.05) is 6.54 Å². The fourth-order valence-corrected chi connectivity index (χ4v) is 2.28. The van der Waals surface area contributed by atoms with Crippen LogP contribution in [0, 0.1) is 18.8 Å². The molecule has 0 heterocycles. The summed E-state index contributed by atoms with van der Waals surface area (Å²) in [6.45, 7) is 6.92. The molecule has 1 rings (SSSR count). The van der Waals surface area contributed by atoms with Crippen molar-refractivity contribution < 1.29 is 5.11 Å². The molecule has 0 bridgehead atoms. The van der Waals surface area contributed by atoms with E-state index in [9.17, 15) is 5.11 Å². The van der Waals surface area contributed by atoms with Crippen molar-refractivity contribution in [2.24, 2.45) is 17.6 Å². The first kappa shape index (κ1) is 14.2. The molecule has 1 aromatic rings. The second-order valence-electron chi connectivity index (χ2n) is 5.18. The van der Waals surface area contributed by atoms with Gasteiger partial charge in [-0.05, 0) is 49.3 Å². The Labute approximate surface area is 105 Å². The zero-order valence-corrected chi connectivity index (χ0v) is 11.2. The molecule has 3 N–H and O–H groups in total. The standard InChI is InChI=1S/C15H25NO/c1-11(2)14(10-16)15(17)9-8-13-7-5-4-6-12(13)3/h4-7,11,14-15,17H,8-10,16H2,1-3H3. The summed E-state index contributed by atoms with van der Waals surface area (Å²) >= 11 is 0. The third-order valence-electron chi connectivity index (χ3n) is 3.59. The summed E-state index contributed by atoms with van der Waals surface area (Å²) in [4.78, 5) is 0. The topological polar surface area (TPSA) is 46.2 Å². The number of aliphatic hydroxyl groups excluding tert-OH is 1. The highest BCUT2D eigenvalue weighted by Gasteiger charge is 2.20. The van der Waals surface area contributed by atoms with Crippen LogP contribution in [-0.2, 0) is 6.42 Å². The summed E-state index contributed by atoms with van der Waals surface area (Å²) in [7, 11) is 0. The Morgan fingerprint density at radius 2 is 1.88 bits per heavy atom. The smallest absolute Gasteiger partial charge is 0.0586 e. The molecule has 0 fully saturated rings. The first-order valence-electron chi connectivity index (χ1n) is 6.49. The average Bonchev–Trinajstić information content (AvgIpc) is 2.28. The molecule has 17 heavy (non-hydrogen) atoms. The van der Waals surface area contributed by atoms with Gasteiger partial charge >= 0.3 is 0 Å². The highest BCUT2D eigenvalue weighted by Crippen LogP contribution is 2.19. The monoisotopic (exact) mass is 235 g/mol. The number of aryl methyl sites for hydroxylation is 2. The van der Waals surface area contributed by atoms with Crippen LogP contribution in [0.1, 0.15) is 31.4 Å². The van der Waals surface area contributed by atoms with Crippen LogP contribution >= 0.6 is 0 Å². The minimum atomic E-state index is -0.292. The van der Waals surface area contributed by atoms with E-state index in [1.54, 1.807) is 0 Å². The number of rotatable bonds is 6. The van der Waals surface area contributed by atoms with E-state index in [2.05, 4.69) is 39.0 Å². The Bertz CT molecular complexity index is 335. The molecule has 0 spiro atoms. The molecule has 96 valence electrons. The molecule has 2 atom stereocenters. The molecule has 0 aliphatic heterocycles. The molecule has 0 saturated carbocycles. The molecule has 0 aliphatic carbocycles.